The van der Waals surface area contributed by atoms with Gasteiger partial charge in [-0.2, -0.15) is 0 Å². The molecule has 0 heterocycles. The standard InChI is InChI=1S/C18H18N2O6/c1-25-14-6-8-15(9-7-14)26-11-17(22)19-10-16(21)20-13-4-2-12(3-5-13)18(23)24/h2-9H,10-11H2,1H3,(H,19,22)(H,20,21)(H,23,24). The molecule has 0 aliphatic carbocycles. The first kappa shape index (κ1) is 18.8. The molecular formula is C18H18N2O6. The minimum Gasteiger partial charge on any atom is -0.497 e. The first-order valence-corrected chi connectivity index (χ1v) is 7.64. The van der Waals surface area contributed by atoms with Crippen molar-refractivity contribution in [1.82, 2.24) is 5.32 Å². The highest BCUT2D eigenvalue weighted by Gasteiger charge is 2.08. The lowest BCUT2D eigenvalue weighted by molar-refractivity contribution is -0.125. The summed E-state index contributed by atoms with van der Waals surface area (Å²) in [6.07, 6.45) is 0. The van der Waals surface area contributed by atoms with E-state index in [1.807, 2.05) is 0 Å². The Morgan fingerprint density at radius 2 is 1.54 bits per heavy atom. The van der Waals surface area contributed by atoms with Crippen LogP contribution in [0.2, 0.25) is 0 Å². The van der Waals surface area contributed by atoms with Crippen LogP contribution in [0, 0.1) is 0 Å². The van der Waals surface area contributed by atoms with Gasteiger partial charge >= 0.3 is 5.97 Å². The topological polar surface area (TPSA) is 114 Å². The largest absolute Gasteiger partial charge is 0.497 e. The predicted octanol–water partition coefficient (Wildman–Crippen LogP) is 1.53. The van der Waals surface area contributed by atoms with E-state index < -0.39 is 17.8 Å². The average Bonchev–Trinajstić information content (AvgIpc) is 2.65. The maximum absolute atomic E-state index is 11.8. The fourth-order valence-corrected chi connectivity index (χ4v) is 1.95. The third kappa shape index (κ3) is 5.82. The van der Waals surface area contributed by atoms with Gasteiger partial charge in [0.2, 0.25) is 5.91 Å². The predicted molar refractivity (Wildman–Crippen MR) is 93.5 cm³/mol. The van der Waals surface area contributed by atoms with Crippen LogP contribution in [0.5, 0.6) is 11.5 Å². The molecule has 136 valence electrons. The van der Waals surface area contributed by atoms with Crippen LogP contribution in [0.25, 0.3) is 0 Å². The molecule has 0 saturated heterocycles. The molecule has 0 unspecified atom stereocenters. The maximum Gasteiger partial charge on any atom is 0.335 e. The Kier molecular flexibility index (Phi) is 6.55. The van der Waals surface area contributed by atoms with E-state index in [1.54, 1.807) is 31.4 Å². The van der Waals surface area contributed by atoms with Gasteiger partial charge in [-0.3, -0.25) is 9.59 Å². The second-order valence-corrected chi connectivity index (χ2v) is 5.17. The minimum atomic E-state index is -1.05. The summed E-state index contributed by atoms with van der Waals surface area (Å²) in [7, 11) is 1.55. The fourth-order valence-electron chi connectivity index (χ4n) is 1.95. The Morgan fingerprint density at radius 1 is 0.923 bits per heavy atom. The number of amides is 2. The smallest absolute Gasteiger partial charge is 0.335 e. The molecule has 2 rings (SSSR count). The first-order valence-electron chi connectivity index (χ1n) is 7.64. The van der Waals surface area contributed by atoms with Crippen LogP contribution in [0.3, 0.4) is 0 Å². The molecule has 0 radical (unpaired) electrons. The second kappa shape index (κ2) is 9.07. The number of carbonyl (C=O) groups is 3. The molecule has 26 heavy (non-hydrogen) atoms. The minimum absolute atomic E-state index is 0.118. The Hall–Kier alpha value is -3.55. The van der Waals surface area contributed by atoms with Crippen molar-refractivity contribution in [2.45, 2.75) is 0 Å². The maximum atomic E-state index is 11.8. The van der Waals surface area contributed by atoms with E-state index in [9.17, 15) is 14.4 Å². The van der Waals surface area contributed by atoms with Crippen LogP contribution in [0.15, 0.2) is 48.5 Å². The van der Waals surface area contributed by atoms with Gasteiger partial charge < -0.3 is 25.2 Å². The molecule has 2 amide bonds. The third-order valence-electron chi connectivity index (χ3n) is 3.29. The zero-order valence-electron chi connectivity index (χ0n) is 14.0. The van der Waals surface area contributed by atoms with Gasteiger partial charge in [-0.15, -0.1) is 0 Å². The molecule has 3 N–H and O–H groups in total. The highest BCUT2D eigenvalue weighted by Crippen LogP contribution is 2.16. The van der Waals surface area contributed by atoms with Crippen LogP contribution in [-0.4, -0.2) is 43.2 Å². The van der Waals surface area contributed by atoms with E-state index in [1.165, 1.54) is 24.3 Å². The van der Waals surface area contributed by atoms with E-state index in [-0.39, 0.29) is 18.7 Å². The molecule has 0 aromatic heterocycles. The number of nitrogens with one attached hydrogen (secondary N) is 2. The van der Waals surface area contributed by atoms with Crippen LogP contribution in [0.1, 0.15) is 10.4 Å². The molecule has 0 bridgehead atoms. The van der Waals surface area contributed by atoms with E-state index >= 15 is 0 Å². The summed E-state index contributed by atoms with van der Waals surface area (Å²) in [5.74, 6) is -0.756. The van der Waals surface area contributed by atoms with Gasteiger partial charge in [0, 0.05) is 5.69 Å². The van der Waals surface area contributed by atoms with Crippen molar-refractivity contribution >= 4 is 23.5 Å². The first-order chi connectivity index (χ1) is 12.5. The molecule has 8 nitrogen and oxygen atoms in total. The number of anilines is 1. The molecule has 0 saturated carbocycles. The molecule has 2 aromatic rings. The Balaban J connectivity index is 1.72. The van der Waals surface area contributed by atoms with Crippen LogP contribution in [0.4, 0.5) is 5.69 Å². The van der Waals surface area contributed by atoms with Gasteiger partial charge in [0.25, 0.3) is 5.91 Å². The molecule has 0 aliphatic rings. The van der Waals surface area contributed by atoms with E-state index in [0.29, 0.717) is 17.2 Å². The van der Waals surface area contributed by atoms with Crippen LogP contribution < -0.4 is 20.1 Å². The van der Waals surface area contributed by atoms with Crippen molar-refractivity contribution in [3.8, 4) is 11.5 Å². The Labute approximate surface area is 149 Å². The number of aromatic carboxylic acids is 1. The quantitative estimate of drug-likeness (QED) is 0.659. The number of hydrogen-bond acceptors (Lipinski definition) is 5. The highest BCUT2D eigenvalue weighted by molar-refractivity contribution is 5.95. The lowest BCUT2D eigenvalue weighted by atomic mass is 10.2. The zero-order valence-corrected chi connectivity index (χ0v) is 14.0. The normalized spacial score (nSPS) is 9.88. The van der Waals surface area contributed by atoms with Crippen LogP contribution in [-0.2, 0) is 9.59 Å². The van der Waals surface area contributed by atoms with E-state index in [2.05, 4.69) is 10.6 Å². The summed E-state index contributed by atoms with van der Waals surface area (Å²) in [5.41, 5.74) is 0.552. The van der Waals surface area contributed by atoms with Gasteiger partial charge in [0.1, 0.15) is 11.5 Å². The fraction of sp³-hybridized carbons (Fsp3) is 0.167. The summed E-state index contributed by atoms with van der Waals surface area (Å²) in [6.45, 7) is -0.460. The highest BCUT2D eigenvalue weighted by atomic mass is 16.5. The number of hydrogen-bond donors (Lipinski definition) is 3. The molecule has 8 heteroatoms. The van der Waals surface area contributed by atoms with E-state index in [0.717, 1.165) is 0 Å². The molecule has 0 aliphatic heterocycles. The zero-order chi connectivity index (χ0) is 18.9. The number of carboxylic acid groups (broad SMARTS) is 1. The number of carbonyl (C=O) groups excluding carboxylic acids is 2. The van der Waals surface area contributed by atoms with Gasteiger partial charge in [-0.1, -0.05) is 0 Å². The van der Waals surface area contributed by atoms with Crippen molar-refractivity contribution in [2.75, 3.05) is 25.6 Å². The molecule has 0 fully saturated rings. The van der Waals surface area contributed by atoms with E-state index in [4.69, 9.17) is 14.6 Å². The molecule has 2 aromatic carbocycles. The summed E-state index contributed by atoms with van der Waals surface area (Å²) >= 11 is 0. The van der Waals surface area contributed by atoms with Gasteiger partial charge in [0.05, 0.1) is 19.2 Å². The Bertz CT molecular complexity index is 771. The number of rotatable bonds is 8. The number of carboxylic acids is 1. The van der Waals surface area contributed by atoms with Crippen LogP contribution >= 0.6 is 0 Å². The number of ether oxygens (including phenoxy) is 2. The van der Waals surface area contributed by atoms with Crippen molar-refractivity contribution in [1.29, 1.82) is 0 Å². The van der Waals surface area contributed by atoms with Crippen molar-refractivity contribution in [2.24, 2.45) is 0 Å². The average molecular weight is 358 g/mol. The summed E-state index contributed by atoms with van der Waals surface area (Å²) in [5, 5.41) is 13.8. The SMILES string of the molecule is COc1ccc(OCC(=O)NCC(=O)Nc2ccc(C(=O)O)cc2)cc1. The summed E-state index contributed by atoms with van der Waals surface area (Å²) in [4.78, 5) is 34.2. The van der Waals surface area contributed by atoms with Crippen molar-refractivity contribution < 1.29 is 29.0 Å². The molecular weight excluding hydrogens is 340 g/mol. The lowest BCUT2D eigenvalue weighted by Gasteiger charge is -2.09. The van der Waals surface area contributed by atoms with Crippen molar-refractivity contribution in [3.63, 3.8) is 0 Å². The number of benzene rings is 2. The lowest BCUT2D eigenvalue weighted by Crippen LogP contribution is -2.35. The summed E-state index contributed by atoms with van der Waals surface area (Å²) in [6, 6.07) is 12.4. The Morgan fingerprint density at radius 3 is 2.12 bits per heavy atom. The van der Waals surface area contributed by atoms with Gasteiger partial charge in [-0.25, -0.2) is 4.79 Å². The third-order valence-corrected chi connectivity index (χ3v) is 3.29. The monoisotopic (exact) mass is 358 g/mol. The number of methoxy groups -OCH3 is 1. The van der Waals surface area contributed by atoms with Gasteiger partial charge in [-0.05, 0) is 48.5 Å². The molecule has 0 spiro atoms. The second-order valence-electron chi connectivity index (χ2n) is 5.17. The van der Waals surface area contributed by atoms with Crippen molar-refractivity contribution in [3.05, 3.63) is 54.1 Å². The van der Waals surface area contributed by atoms with Gasteiger partial charge in [0.15, 0.2) is 6.61 Å². The summed E-state index contributed by atoms with van der Waals surface area (Å²) < 4.78 is 10.3. The molecule has 0 atom stereocenters.